The number of hydrogen-bond acceptors (Lipinski definition) is 0. The maximum absolute atomic E-state index is 3.98. The summed E-state index contributed by atoms with van der Waals surface area (Å²) in [6.45, 7) is 9.98. The summed E-state index contributed by atoms with van der Waals surface area (Å²) in [5, 5.41) is 0. The second-order valence-electron chi connectivity index (χ2n) is 2.67. The fourth-order valence-electron chi connectivity index (χ4n) is 0.946. The molecule has 0 saturated heterocycles. The van der Waals surface area contributed by atoms with E-state index in [1.54, 1.807) is 0 Å². The zero-order valence-electron chi connectivity index (χ0n) is 8.75. The molecule has 0 fully saturated rings. The first kappa shape index (κ1) is 11.7. The van der Waals surface area contributed by atoms with Crippen LogP contribution in [0.1, 0.15) is 20.8 Å². The van der Waals surface area contributed by atoms with Gasteiger partial charge in [-0.3, -0.25) is 0 Å². The van der Waals surface area contributed by atoms with Crippen LogP contribution >= 0.6 is 0 Å². The molecule has 70 valence electrons. The van der Waals surface area contributed by atoms with Gasteiger partial charge in [0.15, 0.2) is 0 Å². The van der Waals surface area contributed by atoms with E-state index in [1.165, 1.54) is 0 Å². The minimum absolute atomic E-state index is 1.04. The summed E-state index contributed by atoms with van der Waals surface area (Å²) < 4.78 is 0. The highest BCUT2D eigenvalue weighted by atomic mass is 14.0. The lowest BCUT2D eigenvalue weighted by molar-refractivity contribution is 1.52. The van der Waals surface area contributed by atoms with Gasteiger partial charge in [-0.1, -0.05) is 49.1 Å². The number of rotatable bonds is 4. The molecule has 0 heteroatoms. The Morgan fingerprint density at radius 1 is 0.923 bits per heavy atom. The Labute approximate surface area is 81.7 Å². The van der Waals surface area contributed by atoms with Crippen molar-refractivity contribution in [1.82, 2.24) is 0 Å². The normalized spacial score (nSPS) is 13.6. The van der Waals surface area contributed by atoms with Crippen molar-refractivity contribution >= 4 is 0 Å². The fourth-order valence-corrected chi connectivity index (χ4v) is 0.946. The molecule has 0 bridgehead atoms. The zero-order chi connectivity index (χ0) is 10.1. The van der Waals surface area contributed by atoms with Gasteiger partial charge in [0.05, 0.1) is 0 Å². The lowest BCUT2D eigenvalue weighted by Gasteiger charge is -1.99. The molecular formula is C13H18. The van der Waals surface area contributed by atoms with Gasteiger partial charge >= 0.3 is 0 Å². The predicted molar refractivity (Wildman–Crippen MR) is 61.7 cm³/mol. The van der Waals surface area contributed by atoms with Crippen molar-refractivity contribution < 1.29 is 0 Å². The molecule has 0 saturated carbocycles. The Balaban J connectivity index is 4.70. The molecule has 0 aliphatic carbocycles. The van der Waals surface area contributed by atoms with Crippen molar-refractivity contribution in [3.05, 3.63) is 60.3 Å². The van der Waals surface area contributed by atoms with Crippen LogP contribution < -0.4 is 0 Å². The lowest BCUT2D eigenvalue weighted by atomic mass is 10.1. The quantitative estimate of drug-likeness (QED) is 0.560. The van der Waals surface area contributed by atoms with Gasteiger partial charge in [0.1, 0.15) is 0 Å². The third kappa shape index (κ3) is 5.02. The first-order valence-corrected chi connectivity index (χ1v) is 4.53. The molecule has 0 nitrogen and oxygen atoms in total. The predicted octanol–water partition coefficient (Wildman–Crippen LogP) is 4.20. The summed E-state index contributed by atoms with van der Waals surface area (Å²) in [6, 6.07) is 0. The molecule has 13 heavy (non-hydrogen) atoms. The first-order chi connectivity index (χ1) is 6.26. The topological polar surface area (TPSA) is 0 Å². The summed E-state index contributed by atoms with van der Waals surface area (Å²) in [7, 11) is 0. The third-order valence-electron chi connectivity index (χ3n) is 1.55. The van der Waals surface area contributed by atoms with E-state index in [4.69, 9.17) is 0 Å². The Morgan fingerprint density at radius 3 is 2.00 bits per heavy atom. The van der Waals surface area contributed by atoms with E-state index in [0.717, 1.165) is 11.1 Å². The van der Waals surface area contributed by atoms with Crippen molar-refractivity contribution in [2.24, 2.45) is 0 Å². The standard InChI is InChI=1S/C13H18/c1-5-8-11-13(10-7-3)12(4)9-6-2/h5-11H,4H2,1-3H3/b8-5-,9-6-,10-7-,13-11-. The molecule has 0 amide bonds. The summed E-state index contributed by atoms with van der Waals surface area (Å²) in [5.41, 5.74) is 2.19. The number of hydrogen-bond donors (Lipinski definition) is 0. The van der Waals surface area contributed by atoms with Crippen LogP contribution in [0.4, 0.5) is 0 Å². The monoisotopic (exact) mass is 174 g/mol. The number of allylic oxidation sites excluding steroid dienone is 9. The molecule has 0 rings (SSSR count). The Kier molecular flexibility index (Phi) is 6.62. The lowest BCUT2D eigenvalue weighted by Crippen LogP contribution is -1.79. The second kappa shape index (κ2) is 7.35. The van der Waals surface area contributed by atoms with Crippen molar-refractivity contribution in [2.45, 2.75) is 20.8 Å². The van der Waals surface area contributed by atoms with E-state index >= 15 is 0 Å². The highest BCUT2D eigenvalue weighted by molar-refractivity contribution is 5.45. The Morgan fingerprint density at radius 2 is 1.54 bits per heavy atom. The van der Waals surface area contributed by atoms with E-state index in [-0.39, 0.29) is 0 Å². The van der Waals surface area contributed by atoms with Gasteiger partial charge in [0, 0.05) is 0 Å². The SMILES string of the molecule is C=C(/C=C\C)C(/C=C\C)=C\C=C/C. The van der Waals surface area contributed by atoms with Crippen molar-refractivity contribution in [1.29, 1.82) is 0 Å². The smallest absolute Gasteiger partial charge is 0.0193 e. The Bertz CT molecular complexity index is 260. The zero-order valence-corrected chi connectivity index (χ0v) is 8.75. The largest absolute Gasteiger partial charge is 0.0912 e. The van der Waals surface area contributed by atoms with Crippen LogP contribution in [0.15, 0.2) is 60.3 Å². The van der Waals surface area contributed by atoms with Crippen LogP contribution in [0.25, 0.3) is 0 Å². The minimum Gasteiger partial charge on any atom is -0.0912 e. The maximum Gasteiger partial charge on any atom is -0.0193 e. The molecule has 0 unspecified atom stereocenters. The molecule has 0 aromatic heterocycles. The Hall–Kier alpha value is -1.30. The summed E-state index contributed by atoms with van der Waals surface area (Å²) >= 11 is 0. The highest BCUT2D eigenvalue weighted by Crippen LogP contribution is 2.11. The molecule has 0 aliphatic heterocycles. The van der Waals surface area contributed by atoms with Crippen LogP contribution in [-0.4, -0.2) is 0 Å². The minimum atomic E-state index is 1.04. The molecule has 0 aromatic rings. The van der Waals surface area contributed by atoms with Gasteiger partial charge in [-0.15, -0.1) is 0 Å². The van der Waals surface area contributed by atoms with E-state index in [1.807, 2.05) is 51.2 Å². The molecule has 0 aliphatic rings. The summed E-state index contributed by atoms with van der Waals surface area (Å²) in [4.78, 5) is 0. The first-order valence-electron chi connectivity index (χ1n) is 4.53. The molecule has 0 atom stereocenters. The average Bonchev–Trinajstić information content (AvgIpc) is 2.12. The van der Waals surface area contributed by atoms with Crippen LogP contribution in [0, 0.1) is 0 Å². The van der Waals surface area contributed by atoms with E-state index in [0.29, 0.717) is 0 Å². The van der Waals surface area contributed by atoms with Crippen LogP contribution in [0.3, 0.4) is 0 Å². The molecule has 0 aromatic carbocycles. The van der Waals surface area contributed by atoms with Gasteiger partial charge in [-0.2, -0.15) is 0 Å². The molecule has 0 heterocycles. The maximum atomic E-state index is 3.98. The van der Waals surface area contributed by atoms with Gasteiger partial charge < -0.3 is 0 Å². The highest BCUT2D eigenvalue weighted by Gasteiger charge is 1.91. The van der Waals surface area contributed by atoms with Crippen molar-refractivity contribution in [2.75, 3.05) is 0 Å². The van der Waals surface area contributed by atoms with Crippen molar-refractivity contribution in [3.8, 4) is 0 Å². The van der Waals surface area contributed by atoms with Crippen molar-refractivity contribution in [3.63, 3.8) is 0 Å². The summed E-state index contributed by atoms with van der Waals surface area (Å²) in [5.74, 6) is 0. The molecule has 0 radical (unpaired) electrons. The van der Waals surface area contributed by atoms with Gasteiger partial charge in [0.2, 0.25) is 0 Å². The fraction of sp³-hybridized carbons (Fsp3) is 0.231. The molecule has 0 spiro atoms. The van der Waals surface area contributed by atoms with Crippen LogP contribution in [-0.2, 0) is 0 Å². The van der Waals surface area contributed by atoms with E-state index < -0.39 is 0 Å². The second-order valence-corrected chi connectivity index (χ2v) is 2.67. The van der Waals surface area contributed by atoms with Gasteiger partial charge in [-0.25, -0.2) is 0 Å². The average molecular weight is 174 g/mol. The van der Waals surface area contributed by atoms with Gasteiger partial charge in [0.25, 0.3) is 0 Å². The summed E-state index contributed by atoms with van der Waals surface area (Å²) in [6.07, 6.45) is 14.2. The van der Waals surface area contributed by atoms with Gasteiger partial charge in [-0.05, 0) is 31.9 Å². The van der Waals surface area contributed by atoms with Crippen LogP contribution in [0.5, 0.6) is 0 Å². The third-order valence-corrected chi connectivity index (χ3v) is 1.55. The molecule has 0 N–H and O–H groups in total. The van der Waals surface area contributed by atoms with E-state index in [2.05, 4.69) is 18.7 Å². The molecular weight excluding hydrogens is 156 g/mol. The van der Waals surface area contributed by atoms with Crippen LogP contribution in [0.2, 0.25) is 0 Å². The van der Waals surface area contributed by atoms with E-state index in [9.17, 15) is 0 Å².